The lowest BCUT2D eigenvalue weighted by molar-refractivity contribution is -0.170. The largest absolute Gasteiger partial charge is 0.497 e. The van der Waals surface area contributed by atoms with E-state index in [0.717, 1.165) is 31.9 Å². The van der Waals surface area contributed by atoms with Gasteiger partial charge in [-0.3, -0.25) is 14.5 Å². The molecule has 4 N–H and O–H groups in total. The third-order valence-corrected chi connectivity index (χ3v) is 5.51. The Bertz CT molecular complexity index is 901. The molecule has 0 aliphatic heterocycles. The van der Waals surface area contributed by atoms with E-state index in [4.69, 9.17) is 25.2 Å². The highest BCUT2D eigenvalue weighted by Crippen LogP contribution is 2.18. The number of hydrogen-bond donors (Lipinski definition) is 4. The van der Waals surface area contributed by atoms with Crippen LogP contribution in [0.5, 0.6) is 5.75 Å². The van der Waals surface area contributed by atoms with E-state index in [1.165, 1.54) is 10.4 Å². The highest BCUT2D eigenvalue weighted by Gasteiger charge is 2.40. The maximum atomic E-state index is 10.3. The highest BCUT2D eigenvalue weighted by atomic mass is 32.1. The van der Waals surface area contributed by atoms with Crippen LogP contribution in [-0.4, -0.2) is 88.0 Å². The minimum Gasteiger partial charge on any atom is -0.497 e. The van der Waals surface area contributed by atoms with Crippen LogP contribution in [-0.2, 0) is 27.5 Å². The van der Waals surface area contributed by atoms with Crippen molar-refractivity contribution >= 4 is 29.2 Å². The SMILES string of the molecule is COc1cccc(CN(CCN(C)C)Cc2cccs2)c1.O=C(O)CC(O)(CC(=O)O)C(=O)O. The smallest absolute Gasteiger partial charge is 0.336 e. The Morgan fingerprint density at radius 3 is 2.09 bits per heavy atom. The Morgan fingerprint density at radius 1 is 0.971 bits per heavy atom. The van der Waals surface area contributed by atoms with Crippen LogP contribution < -0.4 is 4.74 Å². The van der Waals surface area contributed by atoms with Crippen LogP contribution in [0.1, 0.15) is 23.3 Å². The number of ether oxygens (including phenoxy) is 1. The van der Waals surface area contributed by atoms with Gasteiger partial charge >= 0.3 is 17.9 Å². The number of carboxylic acid groups (broad SMARTS) is 3. The average Bonchev–Trinajstić information content (AvgIpc) is 3.24. The van der Waals surface area contributed by atoms with Crippen molar-refractivity contribution in [1.82, 2.24) is 9.80 Å². The average molecular weight is 497 g/mol. The van der Waals surface area contributed by atoms with Crippen LogP contribution in [0.3, 0.4) is 0 Å². The maximum Gasteiger partial charge on any atom is 0.336 e. The summed E-state index contributed by atoms with van der Waals surface area (Å²) in [7, 11) is 5.96. The molecule has 188 valence electrons. The molecule has 0 fully saturated rings. The summed E-state index contributed by atoms with van der Waals surface area (Å²) in [4.78, 5) is 36.6. The molecular weight excluding hydrogens is 464 g/mol. The topological polar surface area (TPSA) is 148 Å². The van der Waals surface area contributed by atoms with E-state index in [0.29, 0.717) is 0 Å². The molecule has 0 bridgehead atoms. The number of carboxylic acids is 3. The van der Waals surface area contributed by atoms with Crippen molar-refractivity contribution in [3.05, 3.63) is 52.2 Å². The summed E-state index contributed by atoms with van der Waals surface area (Å²) < 4.78 is 5.32. The molecule has 1 aromatic heterocycles. The maximum absolute atomic E-state index is 10.3. The standard InChI is InChI=1S/C17H24N2OS.C6H8O7/c1-18(2)9-10-19(14-17-8-5-11-21-17)13-15-6-4-7-16(12-15)20-3;7-3(8)1-6(13,5(11)12)2-4(9)10/h4-8,11-12H,9-10,13-14H2,1-3H3;13H,1-2H2,(H,7,8)(H,9,10)(H,11,12). The van der Waals surface area contributed by atoms with Crippen molar-refractivity contribution in [2.75, 3.05) is 34.3 Å². The fraction of sp³-hybridized carbons (Fsp3) is 0.435. The molecule has 1 aromatic carbocycles. The molecule has 0 aliphatic rings. The normalized spacial score (nSPS) is 11.1. The van der Waals surface area contributed by atoms with Gasteiger partial charge in [0.1, 0.15) is 5.75 Å². The fourth-order valence-corrected chi connectivity index (χ4v) is 3.67. The molecule has 0 atom stereocenters. The molecule has 11 heteroatoms. The predicted octanol–water partition coefficient (Wildman–Crippen LogP) is 2.07. The molecule has 2 rings (SSSR count). The van der Waals surface area contributed by atoms with E-state index in [9.17, 15) is 14.4 Å². The summed E-state index contributed by atoms with van der Waals surface area (Å²) in [5.41, 5.74) is -1.44. The number of likely N-dealkylation sites (N-methyl/N-ethyl adjacent to an activating group) is 1. The predicted molar refractivity (Wildman–Crippen MR) is 127 cm³/mol. The van der Waals surface area contributed by atoms with Crippen molar-refractivity contribution in [3.8, 4) is 5.75 Å². The van der Waals surface area contributed by atoms with Gasteiger partial charge in [0.15, 0.2) is 5.60 Å². The number of aliphatic carboxylic acids is 3. The molecule has 0 radical (unpaired) electrons. The van der Waals surface area contributed by atoms with Crippen LogP contribution in [0.2, 0.25) is 0 Å². The molecular formula is C23H32N2O8S. The van der Waals surface area contributed by atoms with Crippen molar-refractivity contribution in [3.63, 3.8) is 0 Å². The van der Waals surface area contributed by atoms with Crippen LogP contribution in [0, 0.1) is 0 Å². The zero-order valence-corrected chi connectivity index (χ0v) is 20.3. The number of aliphatic hydroxyl groups is 1. The summed E-state index contributed by atoms with van der Waals surface area (Å²) >= 11 is 1.82. The van der Waals surface area contributed by atoms with Gasteiger partial charge in [0.2, 0.25) is 0 Å². The lowest BCUT2D eigenvalue weighted by Gasteiger charge is -2.24. The van der Waals surface area contributed by atoms with Crippen LogP contribution in [0.15, 0.2) is 41.8 Å². The summed E-state index contributed by atoms with van der Waals surface area (Å²) in [6.07, 6.45) is -2.29. The third kappa shape index (κ3) is 11.2. The molecule has 0 saturated heterocycles. The van der Waals surface area contributed by atoms with E-state index in [-0.39, 0.29) is 0 Å². The molecule has 0 saturated carbocycles. The van der Waals surface area contributed by atoms with Crippen LogP contribution >= 0.6 is 11.3 Å². The highest BCUT2D eigenvalue weighted by molar-refractivity contribution is 7.09. The van der Waals surface area contributed by atoms with E-state index >= 15 is 0 Å². The van der Waals surface area contributed by atoms with E-state index in [2.05, 4.69) is 59.6 Å². The Hall–Kier alpha value is -2.99. The fourth-order valence-electron chi connectivity index (χ4n) is 2.92. The zero-order chi connectivity index (χ0) is 25.7. The van der Waals surface area contributed by atoms with Gasteiger partial charge in [0, 0.05) is 31.1 Å². The first kappa shape index (κ1) is 29.0. The number of rotatable bonds is 13. The second kappa shape index (κ2) is 14.3. The molecule has 0 amide bonds. The van der Waals surface area contributed by atoms with Gasteiger partial charge in [-0.25, -0.2) is 4.79 Å². The Morgan fingerprint density at radius 2 is 1.62 bits per heavy atom. The Labute approximate surface area is 202 Å². The molecule has 0 spiro atoms. The van der Waals surface area contributed by atoms with Crippen LogP contribution in [0.4, 0.5) is 0 Å². The van der Waals surface area contributed by atoms with Crippen molar-refractivity contribution < 1.29 is 39.5 Å². The van der Waals surface area contributed by atoms with Gasteiger partial charge in [-0.2, -0.15) is 0 Å². The Kier molecular flexibility index (Phi) is 12.2. The van der Waals surface area contributed by atoms with E-state index in [1.807, 2.05) is 17.4 Å². The number of benzene rings is 1. The van der Waals surface area contributed by atoms with Gasteiger partial charge in [0.25, 0.3) is 0 Å². The van der Waals surface area contributed by atoms with Crippen LogP contribution in [0.25, 0.3) is 0 Å². The lowest BCUT2D eigenvalue weighted by atomic mass is 9.96. The lowest BCUT2D eigenvalue weighted by Crippen LogP contribution is -2.42. The number of carbonyl (C=O) groups is 3. The number of nitrogens with zero attached hydrogens (tertiary/aromatic N) is 2. The summed E-state index contributed by atoms with van der Waals surface area (Å²) in [5.74, 6) is -4.09. The molecule has 34 heavy (non-hydrogen) atoms. The van der Waals surface area contributed by atoms with Crippen molar-refractivity contribution in [2.24, 2.45) is 0 Å². The third-order valence-electron chi connectivity index (χ3n) is 4.65. The Balaban J connectivity index is 0.000000385. The van der Waals surface area contributed by atoms with Crippen molar-refractivity contribution in [1.29, 1.82) is 0 Å². The minimum atomic E-state index is -2.74. The molecule has 2 aromatic rings. The first-order valence-corrected chi connectivity index (χ1v) is 11.2. The number of hydrogen-bond acceptors (Lipinski definition) is 8. The first-order valence-electron chi connectivity index (χ1n) is 10.4. The van der Waals surface area contributed by atoms with Gasteiger partial charge in [-0.1, -0.05) is 18.2 Å². The summed E-state index contributed by atoms with van der Waals surface area (Å²) in [5, 5.41) is 36.0. The summed E-state index contributed by atoms with van der Waals surface area (Å²) in [6.45, 7) is 4.07. The number of thiophene rings is 1. The molecule has 1 heterocycles. The molecule has 0 unspecified atom stereocenters. The molecule has 0 aliphatic carbocycles. The summed E-state index contributed by atoms with van der Waals surface area (Å²) in [6, 6.07) is 12.7. The van der Waals surface area contributed by atoms with Gasteiger partial charge < -0.3 is 30.1 Å². The number of methoxy groups -OCH3 is 1. The zero-order valence-electron chi connectivity index (χ0n) is 19.5. The van der Waals surface area contributed by atoms with Gasteiger partial charge in [-0.15, -0.1) is 11.3 Å². The second-order valence-electron chi connectivity index (χ2n) is 7.92. The first-order chi connectivity index (χ1) is 15.9. The van der Waals surface area contributed by atoms with Gasteiger partial charge in [-0.05, 0) is 43.2 Å². The van der Waals surface area contributed by atoms with E-state index in [1.54, 1.807) is 7.11 Å². The second-order valence-corrected chi connectivity index (χ2v) is 8.95. The van der Waals surface area contributed by atoms with Crippen molar-refractivity contribution in [2.45, 2.75) is 31.5 Å². The van der Waals surface area contributed by atoms with Gasteiger partial charge in [0.05, 0.1) is 20.0 Å². The van der Waals surface area contributed by atoms with E-state index < -0.39 is 36.4 Å². The molecule has 10 nitrogen and oxygen atoms in total. The quantitative estimate of drug-likeness (QED) is 0.325. The minimum absolute atomic E-state index is 0.927. The monoisotopic (exact) mass is 496 g/mol.